The van der Waals surface area contributed by atoms with E-state index < -0.39 is 0 Å². The van der Waals surface area contributed by atoms with Gasteiger partial charge in [0.2, 0.25) is 0 Å². The number of amides is 2. The van der Waals surface area contributed by atoms with Crippen molar-refractivity contribution in [1.29, 1.82) is 0 Å². The average Bonchev–Trinajstić information content (AvgIpc) is 3.14. The Kier molecular flexibility index (Phi) is 5.60. The van der Waals surface area contributed by atoms with Gasteiger partial charge in [-0.3, -0.25) is 0 Å². The molecule has 2 N–H and O–H groups in total. The molecule has 1 aromatic carbocycles. The zero-order valence-corrected chi connectivity index (χ0v) is 15.0. The van der Waals surface area contributed by atoms with Crippen LogP contribution >= 0.6 is 0 Å². The van der Waals surface area contributed by atoms with Crippen molar-refractivity contribution in [3.8, 4) is 0 Å². The molecule has 0 spiro atoms. The van der Waals surface area contributed by atoms with Crippen molar-refractivity contribution < 1.29 is 4.79 Å². The first kappa shape index (κ1) is 17.1. The van der Waals surface area contributed by atoms with Gasteiger partial charge in [-0.2, -0.15) is 0 Å². The van der Waals surface area contributed by atoms with E-state index in [4.69, 9.17) is 0 Å². The maximum atomic E-state index is 12.2. The minimum atomic E-state index is -0.113. The first-order valence-corrected chi connectivity index (χ1v) is 9.49. The lowest BCUT2D eigenvalue weighted by atomic mass is 9.89. The van der Waals surface area contributed by atoms with Crippen LogP contribution in [0, 0.1) is 5.92 Å². The van der Waals surface area contributed by atoms with Crippen molar-refractivity contribution >= 4 is 6.03 Å². The summed E-state index contributed by atoms with van der Waals surface area (Å²) in [7, 11) is 0. The zero-order chi connectivity index (χ0) is 16.9. The highest BCUT2D eigenvalue weighted by Crippen LogP contribution is 2.30. The lowest BCUT2D eigenvalue weighted by molar-refractivity contribution is 0.241. The molecule has 130 valence electrons. The van der Waals surface area contributed by atoms with Gasteiger partial charge >= 0.3 is 6.03 Å². The Morgan fingerprint density at radius 1 is 1.12 bits per heavy atom. The summed E-state index contributed by atoms with van der Waals surface area (Å²) < 4.78 is 0. The van der Waals surface area contributed by atoms with Crippen LogP contribution in [-0.2, 0) is 12.8 Å². The Bertz CT molecular complexity index is 614. The van der Waals surface area contributed by atoms with E-state index in [-0.39, 0.29) is 12.1 Å². The number of urea groups is 1. The minimum Gasteiger partial charge on any atom is -0.331 e. The molecule has 0 saturated heterocycles. The molecule has 0 bridgehead atoms. The number of carbonyl (C=O) groups is 1. The van der Waals surface area contributed by atoms with Gasteiger partial charge in [-0.25, -0.2) is 4.79 Å². The van der Waals surface area contributed by atoms with E-state index in [0.717, 1.165) is 0 Å². The van der Waals surface area contributed by atoms with Crippen LogP contribution in [-0.4, -0.2) is 6.03 Å². The van der Waals surface area contributed by atoms with E-state index >= 15 is 0 Å². The number of hydrogen-bond acceptors (Lipinski definition) is 1. The second-order valence-corrected chi connectivity index (χ2v) is 7.44. The molecular formula is C21H30N2O. The van der Waals surface area contributed by atoms with E-state index in [0.29, 0.717) is 5.92 Å². The molecule has 2 amide bonds. The first-order valence-electron chi connectivity index (χ1n) is 9.49. The predicted molar refractivity (Wildman–Crippen MR) is 98.9 cm³/mol. The smallest absolute Gasteiger partial charge is 0.319 e. The van der Waals surface area contributed by atoms with Crippen molar-refractivity contribution in [2.45, 2.75) is 71.3 Å². The third kappa shape index (κ3) is 4.19. The summed E-state index contributed by atoms with van der Waals surface area (Å²) in [5.41, 5.74) is 5.44. The molecule has 24 heavy (non-hydrogen) atoms. The number of hydrogen-bond donors (Lipinski definition) is 2. The second-order valence-electron chi connectivity index (χ2n) is 7.44. The van der Waals surface area contributed by atoms with Gasteiger partial charge in [0, 0.05) is 6.20 Å². The number of carbonyl (C=O) groups excluding carboxylic acids is 1. The van der Waals surface area contributed by atoms with E-state index in [1.807, 2.05) is 6.20 Å². The predicted octanol–water partition coefficient (Wildman–Crippen LogP) is 5.02. The molecule has 2 aliphatic rings. The Morgan fingerprint density at radius 3 is 2.58 bits per heavy atom. The molecular weight excluding hydrogens is 296 g/mol. The highest BCUT2D eigenvalue weighted by molar-refractivity contribution is 5.75. The van der Waals surface area contributed by atoms with Gasteiger partial charge in [0.15, 0.2) is 0 Å². The molecule has 3 rings (SSSR count). The highest BCUT2D eigenvalue weighted by Gasteiger charge is 2.17. The van der Waals surface area contributed by atoms with Gasteiger partial charge in [-0.15, -0.1) is 0 Å². The summed E-state index contributed by atoms with van der Waals surface area (Å²) >= 11 is 0. The van der Waals surface area contributed by atoms with Crippen LogP contribution in [0.25, 0.3) is 0 Å². The molecule has 1 fully saturated rings. The van der Waals surface area contributed by atoms with Crippen LogP contribution in [0.2, 0.25) is 0 Å². The first-order chi connectivity index (χ1) is 11.6. The molecule has 3 heteroatoms. The van der Waals surface area contributed by atoms with Crippen LogP contribution in [0.1, 0.15) is 75.1 Å². The monoisotopic (exact) mass is 326 g/mol. The average molecular weight is 326 g/mol. The fraction of sp³-hybridized carbons (Fsp3) is 0.571. The molecule has 1 saturated carbocycles. The fourth-order valence-electron chi connectivity index (χ4n) is 4.02. The number of benzene rings is 1. The Labute approximate surface area is 145 Å². The number of fused-ring (bicyclic) bond motifs is 1. The summed E-state index contributed by atoms with van der Waals surface area (Å²) in [4.78, 5) is 12.2. The van der Waals surface area contributed by atoms with Crippen LogP contribution < -0.4 is 10.6 Å². The second kappa shape index (κ2) is 7.87. The Balaban J connectivity index is 1.55. The lowest BCUT2D eigenvalue weighted by Crippen LogP contribution is -2.34. The minimum absolute atomic E-state index is 0.0254. The molecule has 0 aliphatic heterocycles. The largest absolute Gasteiger partial charge is 0.331 e. The number of nitrogens with one attached hydrogen (secondary N) is 2. The zero-order valence-electron chi connectivity index (χ0n) is 15.0. The molecule has 0 aromatic heterocycles. The standard InChI is InChI=1S/C21H30N2O/c1-15(17-7-3-4-8-17)14-22-21(24)23-16(2)19-12-11-18-9-5-6-10-20(18)13-19/h11-14,16-17H,3-10H2,1-2H3,(H2,22,23,24)/b15-14+. The Hall–Kier alpha value is -1.77. The van der Waals surface area contributed by atoms with Crippen molar-refractivity contribution in [3.63, 3.8) is 0 Å². The number of aryl methyl sites for hydroxylation is 2. The number of rotatable bonds is 4. The molecule has 0 heterocycles. The van der Waals surface area contributed by atoms with Gasteiger partial charge < -0.3 is 10.6 Å². The molecule has 1 unspecified atom stereocenters. The molecule has 1 atom stereocenters. The van der Waals surface area contributed by atoms with E-state index in [2.05, 4.69) is 42.7 Å². The summed E-state index contributed by atoms with van der Waals surface area (Å²) in [6.07, 6.45) is 12.0. The fourth-order valence-corrected chi connectivity index (χ4v) is 4.02. The third-order valence-corrected chi connectivity index (χ3v) is 5.65. The molecule has 3 nitrogen and oxygen atoms in total. The summed E-state index contributed by atoms with van der Waals surface area (Å²) in [6, 6.07) is 6.59. The maximum absolute atomic E-state index is 12.2. The van der Waals surface area contributed by atoms with Gasteiger partial charge in [-0.1, -0.05) is 36.6 Å². The molecule has 0 radical (unpaired) electrons. The quantitative estimate of drug-likeness (QED) is 0.801. The highest BCUT2D eigenvalue weighted by atomic mass is 16.2. The van der Waals surface area contributed by atoms with Gasteiger partial charge in [-0.05, 0) is 75.0 Å². The van der Waals surface area contributed by atoms with E-state index in [1.165, 1.54) is 73.6 Å². The lowest BCUT2D eigenvalue weighted by Gasteiger charge is -2.20. The van der Waals surface area contributed by atoms with Crippen LogP contribution in [0.3, 0.4) is 0 Å². The topological polar surface area (TPSA) is 41.1 Å². The van der Waals surface area contributed by atoms with Crippen molar-refractivity contribution in [2.24, 2.45) is 5.92 Å². The van der Waals surface area contributed by atoms with E-state index in [1.54, 1.807) is 0 Å². The van der Waals surface area contributed by atoms with Crippen molar-refractivity contribution in [2.75, 3.05) is 0 Å². The normalized spacial score (nSPS) is 19.7. The third-order valence-electron chi connectivity index (χ3n) is 5.65. The van der Waals surface area contributed by atoms with Gasteiger partial charge in [0.05, 0.1) is 6.04 Å². The van der Waals surface area contributed by atoms with Crippen molar-refractivity contribution in [3.05, 3.63) is 46.7 Å². The van der Waals surface area contributed by atoms with Crippen LogP contribution in [0.15, 0.2) is 30.0 Å². The van der Waals surface area contributed by atoms with Crippen LogP contribution in [0.5, 0.6) is 0 Å². The van der Waals surface area contributed by atoms with Gasteiger partial charge in [0.25, 0.3) is 0 Å². The summed E-state index contributed by atoms with van der Waals surface area (Å²) in [5.74, 6) is 0.656. The van der Waals surface area contributed by atoms with Crippen molar-refractivity contribution in [1.82, 2.24) is 10.6 Å². The van der Waals surface area contributed by atoms with Crippen LogP contribution in [0.4, 0.5) is 4.79 Å². The summed E-state index contributed by atoms with van der Waals surface area (Å²) in [5, 5.41) is 5.96. The van der Waals surface area contributed by atoms with Gasteiger partial charge in [0.1, 0.15) is 0 Å². The number of allylic oxidation sites excluding steroid dienone is 1. The molecule has 2 aliphatic carbocycles. The SMILES string of the molecule is C/C(=C\NC(=O)NC(C)c1ccc2c(c1)CCCC2)C1CCCC1. The Morgan fingerprint density at radius 2 is 1.83 bits per heavy atom. The maximum Gasteiger partial charge on any atom is 0.319 e. The molecule has 1 aromatic rings. The van der Waals surface area contributed by atoms with E-state index in [9.17, 15) is 4.79 Å². The summed E-state index contributed by atoms with van der Waals surface area (Å²) in [6.45, 7) is 4.18.